The topological polar surface area (TPSA) is 53.8 Å². The van der Waals surface area contributed by atoms with E-state index in [1.807, 2.05) is 30.3 Å². The molecule has 0 spiro atoms. The zero-order valence-corrected chi connectivity index (χ0v) is 16.3. The van der Waals surface area contributed by atoms with E-state index in [1.165, 1.54) is 5.56 Å². The van der Waals surface area contributed by atoms with Crippen LogP contribution in [-0.2, 0) is 22.6 Å². The van der Waals surface area contributed by atoms with E-state index in [1.54, 1.807) is 22.1 Å². The number of amides is 2. The Labute approximate surface area is 166 Å². The molecule has 2 amide bonds. The number of carbonyl (C=O) groups is 2. The first-order valence-corrected chi connectivity index (χ1v) is 9.91. The molecule has 1 saturated carbocycles. The molecule has 2 aromatic rings. The van der Waals surface area contributed by atoms with Crippen LogP contribution in [-0.4, -0.2) is 41.2 Å². The quantitative estimate of drug-likeness (QED) is 0.591. The molecule has 0 atom stereocenters. The Morgan fingerprint density at radius 3 is 2.50 bits per heavy atom. The number of hydrogen-bond acceptors (Lipinski definition) is 3. The summed E-state index contributed by atoms with van der Waals surface area (Å²) in [6.45, 7) is 5.19. The van der Waals surface area contributed by atoms with Crippen LogP contribution in [0.25, 0.3) is 0 Å². The fourth-order valence-electron chi connectivity index (χ4n) is 3.36. The van der Waals surface area contributed by atoms with Crippen LogP contribution in [0.15, 0.2) is 65.8 Å². The normalized spacial score (nSPS) is 13.6. The molecular formula is C23H28N2O3. The summed E-state index contributed by atoms with van der Waals surface area (Å²) in [4.78, 5) is 29.1. The van der Waals surface area contributed by atoms with Crippen molar-refractivity contribution < 1.29 is 14.0 Å². The van der Waals surface area contributed by atoms with E-state index in [4.69, 9.17) is 4.42 Å². The Balaban J connectivity index is 1.66. The molecule has 0 radical (unpaired) electrons. The van der Waals surface area contributed by atoms with Gasteiger partial charge in [-0.05, 0) is 37.0 Å². The van der Waals surface area contributed by atoms with Crippen LogP contribution in [0, 0.1) is 5.92 Å². The lowest BCUT2D eigenvalue weighted by Gasteiger charge is -2.32. The second-order valence-electron chi connectivity index (χ2n) is 7.27. The van der Waals surface area contributed by atoms with Crippen LogP contribution >= 0.6 is 0 Å². The average molecular weight is 380 g/mol. The third kappa shape index (κ3) is 5.35. The summed E-state index contributed by atoms with van der Waals surface area (Å²) in [6, 6.07) is 13.8. The Bertz CT molecular complexity index is 766. The van der Waals surface area contributed by atoms with Gasteiger partial charge in [-0.25, -0.2) is 0 Å². The van der Waals surface area contributed by atoms with Crippen LogP contribution < -0.4 is 0 Å². The molecule has 28 heavy (non-hydrogen) atoms. The largest absolute Gasteiger partial charge is 0.467 e. The maximum absolute atomic E-state index is 13.1. The van der Waals surface area contributed by atoms with Crippen molar-refractivity contribution in [3.63, 3.8) is 0 Å². The summed E-state index contributed by atoms with van der Waals surface area (Å²) in [6.07, 6.45) is 6.98. The number of nitrogens with zero attached hydrogens (tertiary/aromatic N) is 2. The van der Waals surface area contributed by atoms with Gasteiger partial charge >= 0.3 is 0 Å². The standard InChI is InChI=1S/C23H28N2O3/c1-2-14-25(23(27)20-10-6-11-20)18-22(26)24(17-21-12-7-16-28-21)15-13-19-8-4-3-5-9-19/h2-5,7-9,12,16,20H,1,6,10-11,13-15,17-18H2. The van der Waals surface area contributed by atoms with Crippen molar-refractivity contribution in [3.05, 3.63) is 72.7 Å². The van der Waals surface area contributed by atoms with Gasteiger partial charge in [0.05, 0.1) is 12.8 Å². The molecule has 0 N–H and O–H groups in total. The van der Waals surface area contributed by atoms with Gasteiger partial charge in [-0.1, -0.05) is 42.8 Å². The fourth-order valence-corrected chi connectivity index (χ4v) is 3.36. The summed E-state index contributed by atoms with van der Waals surface area (Å²) in [5.41, 5.74) is 1.17. The van der Waals surface area contributed by atoms with E-state index >= 15 is 0 Å². The SMILES string of the molecule is C=CCN(CC(=O)N(CCc1ccccc1)Cc1ccco1)C(=O)C1CCC1. The Hall–Kier alpha value is -2.82. The second kappa shape index (κ2) is 9.93. The van der Waals surface area contributed by atoms with Crippen LogP contribution in [0.1, 0.15) is 30.6 Å². The zero-order chi connectivity index (χ0) is 19.8. The van der Waals surface area contributed by atoms with E-state index in [9.17, 15) is 9.59 Å². The summed E-state index contributed by atoms with van der Waals surface area (Å²) >= 11 is 0. The minimum absolute atomic E-state index is 0.0654. The molecule has 1 aliphatic carbocycles. The van der Waals surface area contributed by atoms with E-state index in [2.05, 4.69) is 18.7 Å². The zero-order valence-electron chi connectivity index (χ0n) is 16.3. The van der Waals surface area contributed by atoms with Crippen LogP contribution in [0.2, 0.25) is 0 Å². The molecule has 0 aliphatic heterocycles. The molecule has 1 aromatic heterocycles. The molecule has 0 unspecified atom stereocenters. The van der Waals surface area contributed by atoms with Crippen molar-refractivity contribution in [1.29, 1.82) is 0 Å². The van der Waals surface area contributed by atoms with Gasteiger partial charge in [-0.3, -0.25) is 9.59 Å². The smallest absolute Gasteiger partial charge is 0.242 e. The summed E-state index contributed by atoms with van der Waals surface area (Å²) < 4.78 is 5.44. The molecule has 0 saturated heterocycles. The predicted octanol–water partition coefficient (Wildman–Crippen LogP) is 3.67. The third-order valence-corrected chi connectivity index (χ3v) is 5.23. The number of benzene rings is 1. The highest BCUT2D eigenvalue weighted by atomic mass is 16.3. The minimum Gasteiger partial charge on any atom is -0.467 e. The highest BCUT2D eigenvalue weighted by Crippen LogP contribution is 2.28. The molecule has 148 valence electrons. The first kappa shape index (κ1) is 19.9. The molecule has 1 heterocycles. The van der Waals surface area contributed by atoms with Crippen LogP contribution in [0.5, 0.6) is 0 Å². The second-order valence-corrected chi connectivity index (χ2v) is 7.27. The van der Waals surface area contributed by atoms with Crippen molar-refractivity contribution in [3.8, 4) is 0 Å². The third-order valence-electron chi connectivity index (χ3n) is 5.23. The van der Waals surface area contributed by atoms with Gasteiger partial charge in [0.25, 0.3) is 0 Å². The average Bonchev–Trinajstić information content (AvgIpc) is 3.17. The number of furan rings is 1. The van der Waals surface area contributed by atoms with E-state index < -0.39 is 0 Å². The van der Waals surface area contributed by atoms with Gasteiger partial charge in [0.15, 0.2) is 0 Å². The first-order chi connectivity index (χ1) is 13.7. The van der Waals surface area contributed by atoms with Gasteiger partial charge < -0.3 is 14.2 Å². The highest BCUT2D eigenvalue weighted by Gasteiger charge is 2.30. The molecule has 1 aromatic carbocycles. The Morgan fingerprint density at radius 2 is 1.89 bits per heavy atom. The molecule has 1 aliphatic rings. The number of hydrogen-bond donors (Lipinski definition) is 0. The Kier molecular flexibility index (Phi) is 7.06. The molecular weight excluding hydrogens is 352 g/mol. The summed E-state index contributed by atoms with van der Waals surface area (Å²) in [5, 5.41) is 0. The number of carbonyl (C=O) groups excluding carboxylic acids is 2. The first-order valence-electron chi connectivity index (χ1n) is 9.91. The maximum Gasteiger partial charge on any atom is 0.242 e. The van der Waals surface area contributed by atoms with Gasteiger partial charge in [0.2, 0.25) is 11.8 Å². The van der Waals surface area contributed by atoms with Gasteiger partial charge in [-0.2, -0.15) is 0 Å². The van der Waals surface area contributed by atoms with Crippen molar-refractivity contribution in [2.24, 2.45) is 5.92 Å². The van der Waals surface area contributed by atoms with Crippen molar-refractivity contribution in [2.75, 3.05) is 19.6 Å². The molecule has 1 fully saturated rings. The minimum atomic E-state index is -0.0677. The van der Waals surface area contributed by atoms with Crippen LogP contribution in [0.3, 0.4) is 0 Å². The van der Waals surface area contributed by atoms with Crippen molar-refractivity contribution in [2.45, 2.75) is 32.2 Å². The molecule has 3 rings (SSSR count). The van der Waals surface area contributed by atoms with E-state index in [-0.39, 0.29) is 24.3 Å². The fraction of sp³-hybridized carbons (Fsp3) is 0.391. The summed E-state index contributed by atoms with van der Waals surface area (Å²) in [5.74, 6) is 0.806. The monoisotopic (exact) mass is 380 g/mol. The lowest BCUT2D eigenvalue weighted by Crippen LogP contribution is -2.46. The van der Waals surface area contributed by atoms with E-state index in [0.717, 1.165) is 31.4 Å². The Morgan fingerprint density at radius 1 is 1.11 bits per heavy atom. The predicted molar refractivity (Wildman–Crippen MR) is 108 cm³/mol. The van der Waals surface area contributed by atoms with Crippen molar-refractivity contribution >= 4 is 11.8 Å². The number of rotatable bonds is 10. The lowest BCUT2D eigenvalue weighted by atomic mass is 9.84. The summed E-state index contributed by atoms with van der Waals surface area (Å²) in [7, 11) is 0. The van der Waals surface area contributed by atoms with Crippen molar-refractivity contribution in [1.82, 2.24) is 9.80 Å². The maximum atomic E-state index is 13.1. The van der Waals surface area contributed by atoms with Gasteiger partial charge in [0, 0.05) is 19.0 Å². The van der Waals surface area contributed by atoms with Gasteiger partial charge in [0.1, 0.15) is 12.3 Å². The molecule has 5 nitrogen and oxygen atoms in total. The molecule has 5 heteroatoms. The van der Waals surface area contributed by atoms with Gasteiger partial charge in [-0.15, -0.1) is 6.58 Å². The molecule has 0 bridgehead atoms. The van der Waals surface area contributed by atoms with E-state index in [0.29, 0.717) is 19.6 Å². The van der Waals surface area contributed by atoms with Crippen LogP contribution in [0.4, 0.5) is 0 Å². The lowest BCUT2D eigenvalue weighted by molar-refractivity contribution is -0.144. The highest BCUT2D eigenvalue weighted by molar-refractivity contribution is 5.86.